The summed E-state index contributed by atoms with van der Waals surface area (Å²) >= 11 is 0. The molecule has 0 saturated carbocycles. The average molecular weight is 990 g/mol. The molecule has 0 aliphatic carbocycles. The molecular weight excluding hydrogens is 926 g/mol. The van der Waals surface area contributed by atoms with E-state index in [2.05, 4.69) is 25.9 Å². The minimum Gasteiger partial charge on any atom is -0.477 e. The van der Waals surface area contributed by atoms with Crippen molar-refractivity contribution in [2.75, 3.05) is 37.9 Å². The number of pyridine rings is 1. The predicted octanol–water partition coefficient (Wildman–Crippen LogP) is 0.869. The Kier molecular flexibility index (Phi) is 21.0. The third-order valence-electron chi connectivity index (χ3n) is 11.3. The van der Waals surface area contributed by atoms with Gasteiger partial charge in [-0.15, -0.1) is 0 Å². The molecule has 22 nitrogen and oxygen atoms in total. The molecule has 0 aromatic carbocycles. The van der Waals surface area contributed by atoms with Crippen LogP contribution in [0.2, 0.25) is 0 Å². The number of carbonyl (C=O) groups is 4. The quantitative estimate of drug-likeness (QED) is 0.0359. The van der Waals surface area contributed by atoms with Crippen LogP contribution in [0.3, 0.4) is 0 Å². The summed E-state index contributed by atoms with van der Waals surface area (Å²) in [6.07, 6.45) is -5.28. The first kappa shape index (κ1) is 55.1. The highest BCUT2D eigenvalue weighted by Crippen LogP contribution is 2.41. The third-order valence-corrected chi connectivity index (χ3v) is 14.2. The second kappa shape index (κ2) is 25.2. The molecule has 25 heteroatoms. The van der Waals surface area contributed by atoms with Gasteiger partial charge in [0.05, 0.1) is 43.6 Å². The maximum atomic E-state index is 13.1. The molecule has 66 heavy (non-hydrogen) atoms. The van der Waals surface area contributed by atoms with E-state index >= 15 is 0 Å². The van der Waals surface area contributed by atoms with Gasteiger partial charge >= 0.3 is 11.7 Å². The summed E-state index contributed by atoms with van der Waals surface area (Å²) in [7, 11) is 2.04. The number of nitrogens with zero attached hydrogens (tertiary/aromatic N) is 3. The normalized spacial score (nSPS) is 25.6. The fraction of sp³-hybridized carbons (Fsp3) is 0.683. The molecule has 4 heterocycles. The fourth-order valence-electron chi connectivity index (χ4n) is 7.07. The van der Waals surface area contributed by atoms with Crippen LogP contribution in [0.25, 0.3) is 0 Å². The van der Waals surface area contributed by atoms with Crippen molar-refractivity contribution in [3.05, 3.63) is 47.1 Å². The van der Waals surface area contributed by atoms with Crippen molar-refractivity contribution in [1.29, 1.82) is 0 Å². The lowest BCUT2D eigenvalue weighted by Gasteiger charge is -2.46. The Balaban J connectivity index is 1.22. The number of aliphatic hydroxyl groups is 4. The molecule has 2 aromatic heterocycles. The van der Waals surface area contributed by atoms with Gasteiger partial charge in [-0.05, 0) is 75.4 Å². The first-order valence-electron chi connectivity index (χ1n) is 21.4. The van der Waals surface area contributed by atoms with Crippen molar-refractivity contribution < 1.29 is 68.0 Å². The van der Waals surface area contributed by atoms with Crippen molar-refractivity contribution in [1.82, 2.24) is 30.5 Å². The number of nitrogens with two attached hydrogens (primary N) is 1. The predicted molar refractivity (Wildman–Crippen MR) is 244 cm³/mol. The number of nitrogens with one attached hydrogen (secondary N) is 3. The molecule has 0 bridgehead atoms. The van der Waals surface area contributed by atoms with E-state index < -0.39 is 112 Å². The van der Waals surface area contributed by atoms with E-state index in [-0.39, 0.29) is 43.0 Å². The molecule has 2 aromatic rings. The molecule has 10 N–H and O–H groups in total. The Morgan fingerprint density at radius 2 is 1.82 bits per heavy atom. The molecule has 2 aliphatic rings. The van der Waals surface area contributed by atoms with Gasteiger partial charge in [-0.25, -0.2) is 14.6 Å². The number of carboxylic acids is 1. The van der Waals surface area contributed by atoms with Crippen LogP contribution < -0.4 is 27.4 Å². The van der Waals surface area contributed by atoms with Crippen LogP contribution in [0.1, 0.15) is 79.9 Å². The summed E-state index contributed by atoms with van der Waals surface area (Å²) < 4.78 is 30.4. The Bertz CT molecular complexity index is 1970. The van der Waals surface area contributed by atoms with Crippen molar-refractivity contribution in [2.45, 2.75) is 138 Å². The van der Waals surface area contributed by atoms with E-state index in [1.54, 1.807) is 17.0 Å². The summed E-state index contributed by atoms with van der Waals surface area (Å²) in [5.41, 5.74) is 3.72. The highest BCUT2D eigenvalue weighted by molar-refractivity contribution is 8.76. The Morgan fingerprint density at radius 1 is 1.08 bits per heavy atom. The Hall–Kier alpha value is -3.52. The number of ether oxygens (including phenoxy) is 3. The lowest BCUT2D eigenvalue weighted by Crippen LogP contribution is -2.68. The van der Waals surface area contributed by atoms with Gasteiger partial charge < -0.3 is 66.0 Å². The zero-order chi connectivity index (χ0) is 48.8. The van der Waals surface area contributed by atoms with Crippen molar-refractivity contribution in [3.63, 3.8) is 0 Å². The number of nitrogen functional groups attached to an aromatic ring is 1. The highest BCUT2D eigenvalue weighted by atomic mass is 33.1. The molecular formula is C41H64N7O15PS2. The van der Waals surface area contributed by atoms with Gasteiger partial charge in [-0.1, -0.05) is 30.7 Å². The van der Waals surface area contributed by atoms with Gasteiger partial charge in [-0.3, -0.25) is 23.5 Å². The largest absolute Gasteiger partial charge is 0.477 e. The maximum absolute atomic E-state index is 13.1. The average Bonchev–Trinajstić information content (AvgIpc) is 3.53. The van der Waals surface area contributed by atoms with Crippen LogP contribution in [-0.4, -0.2) is 149 Å². The number of carbonyl (C=O) groups excluding carboxylic acids is 3. The maximum Gasteiger partial charge on any atom is 0.364 e. The van der Waals surface area contributed by atoms with Crippen LogP contribution in [0.4, 0.5) is 5.82 Å². The standard InChI is InChI=1S/C41H64N7O15PS2/c1-23-24(2)36(48-16-11-28(42)45-38(48)58)61-27(23)22-60-64-63-41(37(56)57)19-25(50)33(35(62-41)34(55)26(51)21-49)46-31(54)20-44-29(52)10-13-40(5,6)59-17-14-39(3,4)47-30(53)12-18-65-66-32-9-7-8-15-43-32/h7-9,11,15-16,23-27,33-36,49-51,55,64H,10,12-14,17-22H2,1-6H3,(H,44,52)(H,46,54)(H,47,53)(H,56,57)(H2,42,45,58). The summed E-state index contributed by atoms with van der Waals surface area (Å²) in [6.45, 7) is 9.81. The first-order chi connectivity index (χ1) is 31.1. The highest BCUT2D eigenvalue weighted by Gasteiger charge is 2.56. The smallest absolute Gasteiger partial charge is 0.364 e. The number of aromatic nitrogens is 3. The first-order valence-corrected chi connectivity index (χ1v) is 24.5. The van der Waals surface area contributed by atoms with E-state index in [1.807, 2.05) is 59.7 Å². The van der Waals surface area contributed by atoms with Crippen LogP contribution in [0, 0.1) is 11.8 Å². The summed E-state index contributed by atoms with van der Waals surface area (Å²) in [5.74, 6) is -5.43. The van der Waals surface area contributed by atoms with Crippen molar-refractivity contribution in [3.8, 4) is 0 Å². The summed E-state index contributed by atoms with van der Waals surface area (Å²) in [6, 6.07) is 5.57. The minimum atomic E-state index is -2.65. The molecule has 370 valence electrons. The van der Waals surface area contributed by atoms with Crippen LogP contribution in [0.15, 0.2) is 46.5 Å². The number of rotatable bonds is 26. The molecule has 2 saturated heterocycles. The molecule has 11 atom stereocenters. The number of aliphatic carboxylic acids is 1. The Labute approximate surface area is 392 Å². The number of carboxylic acid groups (broad SMARTS) is 1. The zero-order valence-corrected chi connectivity index (χ0v) is 40.4. The van der Waals surface area contributed by atoms with Gasteiger partial charge in [0.1, 0.15) is 35.4 Å². The van der Waals surface area contributed by atoms with E-state index in [1.165, 1.54) is 27.6 Å². The zero-order valence-electron chi connectivity index (χ0n) is 37.8. The molecule has 3 amide bonds. The van der Waals surface area contributed by atoms with E-state index in [0.717, 1.165) is 5.03 Å². The molecule has 2 fully saturated rings. The topological polar surface area (TPSA) is 325 Å². The lowest BCUT2D eigenvalue weighted by molar-refractivity contribution is -0.283. The van der Waals surface area contributed by atoms with E-state index in [0.29, 0.717) is 25.2 Å². The van der Waals surface area contributed by atoms with E-state index in [4.69, 9.17) is 29.0 Å². The van der Waals surface area contributed by atoms with Gasteiger partial charge in [0.2, 0.25) is 17.7 Å². The minimum absolute atomic E-state index is 0.0272. The number of amides is 3. The molecule has 11 unspecified atom stereocenters. The molecule has 4 rings (SSSR count). The number of anilines is 1. The summed E-state index contributed by atoms with van der Waals surface area (Å²) in [4.78, 5) is 71.5. The fourth-order valence-corrected chi connectivity index (χ4v) is 9.59. The van der Waals surface area contributed by atoms with Crippen LogP contribution >= 0.6 is 30.6 Å². The van der Waals surface area contributed by atoms with Crippen LogP contribution in [-0.2, 0) is 42.4 Å². The Morgan fingerprint density at radius 3 is 2.48 bits per heavy atom. The summed E-state index contributed by atoms with van der Waals surface area (Å²) in [5, 5.41) is 61.1. The monoisotopic (exact) mass is 989 g/mol. The molecule has 0 spiro atoms. The molecule has 2 aliphatic heterocycles. The second-order valence-electron chi connectivity index (χ2n) is 17.5. The SMILES string of the molecule is CC1C(COPOC2(C(=O)O)CC(O)C(NC(=O)CNC(=O)CCC(C)(C)OCCC(C)(C)NC(=O)CCSSc3ccccn3)C(C(O)C(O)CO)O2)OC(n2ccc(N)nc2=O)C1C. The second-order valence-corrected chi connectivity index (χ2v) is 20.6. The molecule has 0 radical (unpaired) electrons. The van der Waals surface area contributed by atoms with E-state index in [9.17, 15) is 49.5 Å². The van der Waals surface area contributed by atoms with Gasteiger partial charge in [0.25, 0.3) is 5.79 Å². The van der Waals surface area contributed by atoms with Gasteiger partial charge in [-0.2, -0.15) is 4.98 Å². The van der Waals surface area contributed by atoms with Gasteiger partial charge in [0.15, 0.2) is 9.03 Å². The number of hydrogen-bond acceptors (Lipinski definition) is 19. The third kappa shape index (κ3) is 16.3. The number of hydrogen-bond donors (Lipinski definition) is 9. The van der Waals surface area contributed by atoms with Crippen LogP contribution in [0.5, 0.6) is 0 Å². The number of aliphatic hydroxyl groups excluding tert-OH is 4. The lowest BCUT2D eigenvalue weighted by atomic mass is 9.88. The van der Waals surface area contributed by atoms with Crippen molar-refractivity contribution in [2.24, 2.45) is 11.8 Å². The van der Waals surface area contributed by atoms with Gasteiger partial charge in [0, 0.05) is 55.5 Å². The van der Waals surface area contributed by atoms with Crippen molar-refractivity contribution >= 4 is 60.1 Å².